The van der Waals surface area contributed by atoms with Gasteiger partial charge in [0.05, 0.1) is 21.3 Å². The number of benzene rings is 2. The van der Waals surface area contributed by atoms with Gasteiger partial charge in [0.1, 0.15) is 0 Å². The number of anilines is 1. The van der Waals surface area contributed by atoms with Gasteiger partial charge in [0.25, 0.3) is 11.8 Å². The number of halogens is 1. The van der Waals surface area contributed by atoms with Crippen molar-refractivity contribution in [2.75, 3.05) is 11.9 Å². The average molecular weight is 400 g/mol. The number of rotatable bonds is 5. The summed E-state index contributed by atoms with van der Waals surface area (Å²) >= 11 is 7.30. The molecule has 136 valence electrons. The van der Waals surface area contributed by atoms with Crippen LogP contribution in [0.2, 0.25) is 5.02 Å². The van der Waals surface area contributed by atoms with E-state index >= 15 is 0 Å². The van der Waals surface area contributed by atoms with Crippen LogP contribution in [0, 0.1) is 0 Å². The number of carbonyl (C=O) groups excluding carboxylic acids is 3. The molecular formula is C19H14ClN3O3S. The molecule has 0 bridgehead atoms. The molecule has 0 fully saturated rings. The maximum Gasteiger partial charge on any atom is 0.261 e. The highest BCUT2D eigenvalue weighted by molar-refractivity contribution is 7.22. The van der Waals surface area contributed by atoms with Gasteiger partial charge in [-0.1, -0.05) is 35.1 Å². The standard InChI is InChI=1S/C19H14ClN3O3S/c20-11-7-8-14-15(10-11)27-19(21-14)22-16(24)6-3-9-23-17(25)12-4-1-2-5-13(12)18(23)26/h1-2,4-5,7-8,10H,3,6,9H2,(H,21,22,24). The lowest BCUT2D eigenvalue weighted by Gasteiger charge is -2.13. The van der Waals surface area contributed by atoms with Crippen molar-refractivity contribution in [3.05, 3.63) is 58.6 Å². The molecule has 27 heavy (non-hydrogen) atoms. The third-order valence-corrected chi connectivity index (χ3v) is 5.43. The molecule has 3 amide bonds. The van der Waals surface area contributed by atoms with Crippen LogP contribution in [-0.4, -0.2) is 34.2 Å². The second-order valence-electron chi connectivity index (χ2n) is 6.09. The van der Waals surface area contributed by atoms with E-state index in [9.17, 15) is 14.4 Å². The fraction of sp³-hybridized carbons (Fsp3) is 0.158. The van der Waals surface area contributed by atoms with Gasteiger partial charge in [-0.2, -0.15) is 0 Å². The van der Waals surface area contributed by atoms with E-state index in [4.69, 9.17) is 11.6 Å². The van der Waals surface area contributed by atoms with Crippen LogP contribution >= 0.6 is 22.9 Å². The van der Waals surface area contributed by atoms with Crippen molar-refractivity contribution < 1.29 is 14.4 Å². The number of thiazole rings is 1. The van der Waals surface area contributed by atoms with Crippen molar-refractivity contribution in [2.45, 2.75) is 12.8 Å². The highest BCUT2D eigenvalue weighted by Crippen LogP contribution is 2.28. The summed E-state index contributed by atoms with van der Waals surface area (Å²) < 4.78 is 0.892. The molecule has 2 heterocycles. The molecule has 1 aliphatic heterocycles. The minimum absolute atomic E-state index is 0.185. The highest BCUT2D eigenvalue weighted by atomic mass is 35.5. The van der Waals surface area contributed by atoms with Gasteiger partial charge < -0.3 is 5.32 Å². The van der Waals surface area contributed by atoms with Gasteiger partial charge in [0, 0.05) is 18.0 Å². The molecule has 1 aromatic heterocycles. The Bertz CT molecular complexity index is 1040. The van der Waals surface area contributed by atoms with Crippen LogP contribution in [0.5, 0.6) is 0 Å². The van der Waals surface area contributed by atoms with Crippen LogP contribution in [0.25, 0.3) is 10.2 Å². The number of hydrogen-bond acceptors (Lipinski definition) is 5. The van der Waals surface area contributed by atoms with Gasteiger partial charge in [-0.15, -0.1) is 0 Å². The first-order valence-electron chi connectivity index (χ1n) is 8.34. The van der Waals surface area contributed by atoms with Crippen LogP contribution in [0.3, 0.4) is 0 Å². The first kappa shape index (κ1) is 17.6. The normalized spacial score (nSPS) is 13.3. The van der Waals surface area contributed by atoms with E-state index in [1.165, 1.54) is 16.2 Å². The Morgan fingerprint density at radius 3 is 2.52 bits per heavy atom. The fourth-order valence-corrected chi connectivity index (χ4v) is 4.13. The van der Waals surface area contributed by atoms with E-state index in [2.05, 4.69) is 10.3 Å². The van der Waals surface area contributed by atoms with Gasteiger partial charge >= 0.3 is 0 Å². The Morgan fingerprint density at radius 2 is 1.81 bits per heavy atom. The van der Waals surface area contributed by atoms with Crippen LogP contribution in [0.4, 0.5) is 5.13 Å². The van der Waals surface area contributed by atoms with Crippen LogP contribution in [0.1, 0.15) is 33.6 Å². The first-order chi connectivity index (χ1) is 13.0. The van der Waals surface area contributed by atoms with Crippen molar-refractivity contribution in [2.24, 2.45) is 0 Å². The van der Waals surface area contributed by atoms with E-state index in [1.54, 1.807) is 42.5 Å². The number of imide groups is 1. The lowest BCUT2D eigenvalue weighted by Crippen LogP contribution is -2.31. The van der Waals surface area contributed by atoms with Crippen molar-refractivity contribution in [3.63, 3.8) is 0 Å². The largest absolute Gasteiger partial charge is 0.302 e. The molecule has 6 nitrogen and oxygen atoms in total. The molecule has 3 aromatic rings. The Hall–Kier alpha value is -2.77. The Balaban J connectivity index is 1.33. The van der Waals surface area contributed by atoms with E-state index in [-0.39, 0.29) is 30.7 Å². The minimum Gasteiger partial charge on any atom is -0.302 e. The quantitative estimate of drug-likeness (QED) is 0.658. The number of fused-ring (bicyclic) bond motifs is 2. The summed E-state index contributed by atoms with van der Waals surface area (Å²) in [6, 6.07) is 12.1. The molecule has 0 atom stereocenters. The molecule has 0 aliphatic carbocycles. The molecule has 0 radical (unpaired) electrons. The maximum atomic E-state index is 12.3. The number of nitrogens with one attached hydrogen (secondary N) is 1. The molecule has 8 heteroatoms. The van der Waals surface area contributed by atoms with Gasteiger partial charge in [0.15, 0.2) is 5.13 Å². The summed E-state index contributed by atoms with van der Waals surface area (Å²) in [7, 11) is 0. The fourth-order valence-electron chi connectivity index (χ4n) is 2.97. The maximum absolute atomic E-state index is 12.3. The molecule has 1 aliphatic rings. The summed E-state index contributed by atoms with van der Waals surface area (Å²) in [5.41, 5.74) is 1.60. The van der Waals surface area contributed by atoms with Gasteiger partial charge in [0.2, 0.25) is 5.91 Å². The lowest BCUT2D eigenvalue weighted by atomic mass is 10.1. The van der Waals surface area contributed by atoms with Gasteiger partial charge in [-0.3, -0.25) is 19.3 Å². The van der Waals surface area contributed by atoms with Crippen LogP contribution < -0.4 is 5.32 Å². The summed E-state index contributed by atoms with van der Waals surface area (Å²) in [4.78, 5) is 42.3. The topological polar surface area (TPSA) is 79.4 Å². The average Bonchev–Trinajstić information content (AvgIpc) is 3.15. The third kappa shape index (κ3) is 3.43. The predicted octanol–water partition coefficient (Wildman–Crippen LogP) is 3.96. The van der Waals surface area contributed by atoms with E-state index < -0.39 is 0 Å². The van der Waals surface area contributed by atoms with Crippen molar-refractivity contribution >= 4 is 56.0 Å². The molecular weight excluding hydrogens is 386 g/mol. The molecule has 0 saturated carbocycles. The number of aromatic nitrogens is 1. The zero-order valence-electron chi connectivity index (χ0n) is 14.1. The predicted molar refractivity (Wildman–Crippen MR) is 104 cm³/mol. The molecule has 1 N–H and O–H groups in total. The van der Waals surface area contributed by atoms with Gasteiger partial charge in [-0.25, -0.2) is 4.98 Å². The summed E-state index contributed by atoms with van der Waals surface area (Å²) in [6.45, 7) is 0.204. The first-order valence-corrected chi connectivity index (χ1v) is 9.53. The van der Waals surface area contributed by atoms with E-state index in [1.807, 2.05) is 0 Å². The third-order valence-electron chi connectivity index (χ3n) is 4.26. The molecule has 2 aromatic carbocycles. The SMILES string of the molecule is O=C(CCCN1C(=O)c2ccccc2C1=O)Nc1nc2ccc(Cl)cc2s1. The van der Waals surface area contributed by atoms with Gasteiger partial charge in [-0.05, 0) is 36.8 Å². The molecule has 4 rings (SSSR count). The highest BCUT2D eigenvalue weighted by Gasteiger charge is 2.34. The van der Waals surface area contributed by atoms with E-state index in [0.717, 1.165) is 10.2 Å². The van der Waals surface area contributed by atoms with Crippen LogP contribution in [0.15, 0.2) is 42.5 Å². The second-order valence-corrected chi connectivity index (χ2v) is 7.56. The summed E-state index contributed by atoms with van der Waals surface area (Å²) in [6.07, 6.45) is 0.568. The molecule has 0 saturated heterocycles. The smallest absolute Gasteiger partial charge is 0.261 e. The van der Waals surface area contributed by atoms with E-state index in [0.29, 0.717) is 27.7 Å². The lowest BCUT2D eigenvalue weighted by molar-refractivity contribution is -0.116. The Kier molecular flexibility index (Phi) is 4.63. The Morgan fingerprint density at radius 1 is 1.11 bits per heavy atom. The number of nitrogens with zero attached hydrogens (tertiary/aromatic N) is 2. The number of hydrogen-bond donors (Lipinski definition) is 1. The number of amides is 3. The molecule has 0 unspecified atom stereocenters. The number of carbonyl (C=O) groups is 3. The Labute approximate surface area is 163 Å². The van der Waals surface area contributed by atoms with Crippen molar-refractivity contribution in [1.29, 1.82) is 0 Å². The minimum atomic E-state index is -0.306. The second kappa shape index (κ2) is 7.09. The summed E-state index contributed by atoms with van der Waals surface area (Å²) in [5.74, 6) is -0.824. The zero-order chi connectivity index (χ0) is 19.0. The molecule has 0 spiro atoms. The monoisotopic (exact) mass is 399 g/mol. The van der Waals surface area contributed by atoms with Crippen LogP contribution in [-0.2, 0) is 4.79 Å². The van der Waals surface area contributed by atoms with Crippen molar-refractivity contribution in [3.8, 4) is 0 Å². The zero-order valence-corrected chi connectivity index (χ0v) is 15.6. The van der Waals surface area contributed by atoms with Crippen molar-refractivity contribution in [1.82, 2.24) is 9.88 Å². The summed E-state index contributed by atoms with van der Waals surface area (Å²) in [5, 5.41) is 3.87.